The van der Waals surface area contributed by atoms with Gasteiger partial charge in [0.15, 0.2) is 0 Å². The number of anilines is 1. The molecule has 1 fully saturated rings. The molecule has 5 nitrogen and oxygen atoms in total. The van der Waals surface area contributed by atoms with E-state index in [1.165, 1.54) is 6.07 Å². The Labute approximate surface area is 159 Å². The summed E-state index contributed by atoms with van der Waals surface area (Å²) in [5.41, 5.74) is 1.06. The number of alkyl halides is 3. The standard InChI is InChI=1S/C20H17F3N4O/c21-20(22,23)19-25-15-9-5-4-8-14(15)18(26-19)27-11-10-24-17(28)12-16(27)13-6-2-1-3-7-13/h1-9,16H,10-12H2,(H,24,28)/t16-/m0/s1. The van der Waals surface area contributed by atoms with Crippen molar-refractivity contribution in [1.82, 2.24) is 15.3 Å². The lowest BCUT2D eigenvalue weighted by molar-refractivity contribution is -0.144. The van der Waals surface area contributed by atoms with Crippen molar-refractivity contribution in [2.75, 3.05) is 18.0 Å². The van der Waals surface area contributed by atoms with Crippen molar-refractivity contribution < 1.29 is 18.0 Å². The van der Waals surface area contributed by atoms with Gasteiger partial charge in [-0.25, -0.2) is 9.97 Å². The molecule has 2 heterocycles. The number of hydrogen-bond donors (Lipinski definition) is 1. The van der Waals surface area contributed by atoms with Crippen molar-refractivity contribution in [3.05, 3.63) is 66.0 Å². The molecule has 1 aliphatic rings. The number of benzene rings is 2. The minimum Gasteiger partial charge on any atom is -0.354 e. The van der Waals surface area contributed by atoms with Crippen LogP contribution >= 0.6 is 0 Å². The van der Waals surface area contributed by atoms with Gasteiger partial charge in [0.2, 0.25) is 11.7 Å². The van der Waals surface area contributed by atoms with E-state index in [1.807, 2.05) is 30.3 Å². The second kappa shape index (κ2) is 7.10. The summed E-state index contributed by atoms with van der Waals surface area (Å²) in [6.07, 6.45) is -4.54. The number of nitrogens with one attached hydrogen (secondary N) is 1. The van der Waals surface area contributed by atoms with Crippen molar-refractivity contribution in [1.29, 1.82) is 0 Å². The van der Waals surface area contributed by atoms with E-state index in [1.54, 1.807) is 23.1 Å². The van der Waals surface area contributed by atoms with Crippen LogP contribution in [0.2, 0.25) is 0 Å². The quantitative estimate of drug-likeness (QED) is 0.729. The van der Waals surface area contributed by atoms with Gasteiger partial charge in [0, 0.05) is 18.5 Å². The summed E-state index contributed by atoms with van der Waals surface area (Å²) in [4.78, 5) is 21.5. The molecule has 1 aromatic heterocycles. The monoisotopic (exact) mass is 386 g/mol. The highest BCUT2D eigenvalue weighted by Crippen LogP contribution is 2.36. The molecule has 4 rings (SSSR count). The number of nitrogens with zero attached hydrogens (tertiary/aromatic N) is 3. The molecule has 28 heavy (non-hydrogen) atoms. The van der Waals surface area contributed by atoms with Gasteiger partial charge in [-0.3, -0.25) is 4.79 Å². The van der Waals surface area contributed by atoms with Crippen LogP contribution in [0.4, 0.5) is 19.0 Å². The van der Waals surface area contributed by atoms with Crippen molar-refractivity contribution in [2.45, 2.75) is 18.6 Å². The van der Waals surface area contributed by atoms with Crippen molar-refractivity contribution in [3.63, 3.8) is 0 Å². The number of amides is 1. The van der Waals surface area contributed by atoms with Gasteiger partial charge in [0.1, 0.15) is 5.82 Å². The van der Waals surface area contributed by atoms with E-state index >= 15 is 0 Å². The summed E-state index contributed by atoms with van der Waals surface area (Å²) in [5, 5.41) is 3.31. The van der Waals surface area contributed by atoms with Gasteiger partial charge in [-0.2, -0.15) is 13.2 Å². The molecule has 1 aliphatic heterocycles. The predicted molar refractivity (Wildman–Crippen MR) is 98.7 cm³/mol. The lowest BCUT2D eigenvalue weighted by Crippen LogP contribution is -2.32. The average molecular weight is 386 g/mol. The fourth-order valence-corrected chi connectivity index (χ4v) is 3.46. The number of halogens is 3. The molecule has 1 atom stereocenters. The van der Waals surface area contributed by atoms with Gasteiger partial charge in [0.25, 0.3) is 0 Å². The molecule has 1 saturated heterocycles. The molecule has 2 aromatic carbocycles. The molecule has 144 valence electrons. The highest BCUT2D eigenvalue weighted by atomic mass is 19.4. The predicted octanol–water partition coefficient (Wildman–Crippen LogP) is 3.72. The highest BCUT2D eigenvalue weighted by molar-refractivity contribution is 5.90. The second-order valence-corrected chi connectivity index (χ2v) is 6.56. The first-order chi connectivity index (χ1) is 13.4. The van der Waals surface area contributed by atoms with E-state index in [4.69, 9.17) is 0 Å². The highest BCUT2D eigenvalue weighted by Gasteiger charge is 2.37. The van der Waals surface area contributed by atoms with Gasteiger partial charge in [-0.05, 0) is 17.7 Å². The first-order valence-corrected chi connectivity index (χ1v) is 8.86. The lowest BCUT2D eigenvalue weighted by atomic mass is 10.0. The summed E-state index contributed by atoms with van der Waals surface area (Å²) in [5.74, 6) is -1.15. The van der Waals surface area contributed by atoms with Crippen molar-refractivity contribution in [3.8, 4) is 0 Å². The van der Waals surface area contributed by atoms with E-state index in [9.17, 15) is 18.0 Å². The first-order valence-electron chi connectivity index (χ1n) is 8.86. The van der Waals surface area contributed by atoms with Gasteiger partial charge in [0.05, 0.1) is 18.0 Å². The topological polar surface area (TPSA) is 58.1 Å². The Morgan fingerprint density at radius 2 is 1.71 bits per heavy atom. The molecule has 3 aromatic rings. The fourth-order valence-electron chi connectivity index (χ4n) is 3.46. The maximum atomic E-state index is 13.4. The van der Waals surface area contributed by atoms with E-state index in [0.717, 1.165) is 5.56 Å². The number of rotatable bonds is 2. The van der Waals surface area contributed by atoms with E-state index in [0.29, 0.717) is 18.5 Å². The molecule has 0 unspecified atom stereocenters. The van der Waals surface area contributed by atoms with Crippen LogP contribution in [0.1, 0.15) is 23.9 Å². The molecule has 1 amide bonds. The second-order valence-electron chi connectivity index (χ2n) is 6.56. The number of carbonyl (C=O) groups excluding carboxylic acids is 1. The molecular formula is C20H17F3N4O. The van der Waals surface area contributed by atoms with Crippen LogP contribution in [0.5, 0.6) is 0 Å². The molecule has 0 saturated carbocycles. The minimum atomic E-state index is -4.67. The number of fused-ring (bicyclic) bond motifs is 1. The van der Waals surface area contributed by atoms with Crippen molar-refractivity contribution in [2.24, 2.45) is 0 Å². The molecule has 0 spiro atoms. The maximum absolute atomic E-state index is 13.4. The third kappa shape index (κ3) is 3.49. The first kappa shape index (κ1) is 18.2. The smallest absolute Gasteiger partial charge is 0.354 e. The molecular weight excluding hydrogens is 369 g/mol. The van der Waals surface area contributed by atoms with Gasteiger partial charge in [-0.1, -0.05) is 42.5 Å². The van der Waals surface area contributed by atoms with Crippen molar-refractivity contribution >= 4 is 22.6 Å². The number of hydrogen-bond acceptors (Lipinski definition) is 4. The largest absolute Gasteiger partial charge is 0.451 e. The Morgan fingerprint density at radius 1 is 1.00 bits per heavy atom. The third-order valence-electron chi connectivity index (χ3n) is 4.72. The Kier molecular flexibility index (Phi) is 4.62. The Morgan fingerprint density at radius 3 is 2.46 bits per heavy atom. The summed E-state index contributed by atoms with van der Waals surface area (Å²) in [6, 6.07) is 15.5. The number of para-hydroxylation sites is 1. The number of carbonyl (C=O) groups is 1. The Bertz CT molecular complexity index is 1010. The fraction of sp³-hybridized carbons (Fsp3) is 0.250. The van der Waals surface area contributed by atoms with Crippen LogP contribution in [0.25, 0.3) is 10.9 Å². The zero-order chi connectivity index (χ0) is 19.7. The van der Waals surface area contributed by atoms with Crippen LogP contribution in [0, 0.1) is 0 Å². The van der Waals surface area contributed by atoms with Crippen LogP contribution in [0.15, 0.2) is 54.6 Å². The summed E-state index contributed by atoms with van der Waals surface area (Å²) in [6.45, 7) is 0.658. The van der Waals surface area contributed by atoms with Gasteiger partial charge >= 0.3 is 6.18 Å². The normalized spacial score (nSPS) is 18.0. The summed E-state index contributed by atoms with van der Waals surface area (Å²) < 4.78 is 40.2. The zero-order valence-corrected chi connectivity index (χ0v) is 14.8. The molecule has 0 bridgehead atoms. The van der Waals surface area contributed by atoms with Gasteiger partial charge < -0.3 is 10.2 Å². The molecule has 0 radical (unpaired) electrons. The molecule has 0 aliphatic carbocycles. The average Bonchev–Trinajstić information content (AvgIpc) is 2.88. The van der Waals surface area contributed by atoms with Crippen LogP contribution in [-0.2, 0) is 11.0 Å². The van der Waals surface area contributed by atoms with E-state index in [2.05, 4.69) is 15.3 Å². The maximum Gasteiger partial charge on any atom is 0.451 e. The Balaban J connectivity index is 1.91. The van der Waals surface area contributed by atoms with Crippen LogP contribution < -0.4 is 10.2 Å². The summed E-state index contributed by atoms with van der Waals surface area (Å²) in [7, 11) is 0. The third-order valence-corrected chi connectivity index (χ3v) is 4.72. The lowest BCUT2D eigenvalue weighted by Gasteiger charge is -2.31. The minimum absolute atomic E-state index is 0.129. The molecule has 1 N–H and O–H groups in total. The SMILES string of the molecule is O=C1C[C@@H](c2ccccc2)N(c2nc(C(F)(F)F)nc3ccccc23)CCN1. The van der Waals surface area contributed by atoms with E-state index < -0.39 is 18.0 Å². The van der Waals surface area contributed by atoms with E-state index in [-0.39, 0.29) is 23.7 Å². The van der Waals surface area contributed by atoms with Crippen LogP contribution in [0.3, 0.4) is 0 Å². The Hall–Kier alpha value is -3.16. The summed E-state index contributed by atoms with van der Waals surface area (Å²) >= 11 is 0. The molecule has 8 heteroatoms. The number of aromatic nitrogens is 2. The zero-order valence-electron chi connectivity index (χ0n) is 14.8. The van der Waals surface area contributed by atoms with Crippen LogP contribution in [-0.4, -0.2) is 29.0 Å². The van der Waals surface area contributed by atoms with Gasteiger partial charge in [-0.15, -0.1) is 0 Å².